The zero-order chi connectivity index (χ0) is 12.5. The maximum atomic E-state index is 6.03. The lowest BCUT2D eigenvalue weighted by Gasteiger charge is -2.18. The highest BCUT2D eigenvalue weighted by Gasteiger charge is 2.39. The molecule has 2 aliphatic carbocycles. The Bertz CT molecular complexity index is 467. The van der Waals surface area contributed by atoms with E-state index in [9.17, 15) is 0 Å². The molecular formula is C15H21N3. The summed E-state index contributed by atoms with van der Waals surface area (Å²) in [5.41, 5.74) is 8.28. The van der Waals surface area contributed by atoms with Gasteiger partial charge < -0.3 is 11.1 Å². The molecule has 2 bridgehead atoms. The van der Waals surface area contributed by atoms with Gasteiger partial charge in [0, 0.05) is 5.69 Å². The van der Waals surface area contributed by atoms with Crippen LogP contribution in [-0.4, -0.2) is 12.0 Å². The van der Waals surface area contributed by atoms with E-state index >= 15 is 0 Å². The van der Waals surface area contributed by atoms with Gasteiger partial charge >= 0.3 is 0 Å². The summed E-state index contributed by atoms with van der Waals surface area (Å²) in [5, 5.41) is 3.22. The Morgan fingerprint density at radius 3 is 2.78 bits per heavy atom. The molecule has 0 unspecified atom stereocenters. The smallest absolute Gasteiger partial charge is 0.193 e. The summed E-state index contributed by atoms with van der Waals surface area (Å²) >= 11 is 0. The van der Waals surface area contributed by atoms with E-state index in [-0.39, 0.29) is 0 Å². The first kappa shape index (κ1) is 11.6. The average Bonchev–Trinajstić information content (AvgIpc) is 2.94. The lowest BCUT2D eigenvalue weighted by atomic mass is 9.96. The molecule has 0 spiro atoms. The molecule has 3 N–H and O–H groups in total. The Balaban J connectivity index is 1.68. The summed E-state index contributed by atoms with van der Waals surface area (Å²) in [5.74, 6) is 2.27. The van der Waals surface area contributed by atoms with Crippen molar-refractivity contribution in [2.24, 2.45) is 22.6 Å². The third-order valence-corrected chi connectivity index (χ3v) is 4.41. The van der Waals surface area contributed by atoms with E-state index in [1.54, 1.807) is 0 Å². The summed E-state index contributed by atoms with van der Waals surface area (Å²) in [6.45, 7) is 2.08. The van der Waals surface area contributed by atoms with Crippen molar-refractivity contribution in [2.75, 3.05) is 5.32 Å². The Labute approximate surface area is 108 Å². The highest BCUT2D eigenvalue weighted by molar-refractivity contribution is 5.93. The van der Waals surface area contributed by atoms with Crippen LogP contribution in [0.1, 0.15) is 31.2 Å². The Morgan fingerprint density at radius 2 is 2.11 bits per heavy atom. The Kier molecular flexibility index (Phi) is 2.98. The molecule has 96 valence electrons. The number of fused-ring (bicyclic) bond motifs is 2. The van der Waals surface area contributed by atoms with E-state index in [0.29, 0.717) is 12.0 Å². The number of guanidine groups is 1. The summed E-state index contributed by atoms with van der Waals surface area (Å²) in [7, 11) is 0. The number of benzene rings is 1. The van der Waals surface area contributed by atoms with Crippen molar-refractivity contribution in [3.8, 4) is 0 Å². The molecule has 3 heteroatoms. The summed E-state index contributed by atoms with van der Waals surface area (Å²) < 4.78 is 0. The molecule has 2 aliphatic rings. The number of nitrogens with zero attached hydrogens (tertiary/aromatic N) is 1. The number of aryl methyl sites for hydroxylation is 1. The third kappa shape index (κ3) is 2.22. The highest BCUT2D eigenvalue weighted by Crippen LogP contribution is 2.45. The average molecular weight is 243 g/mol. The minimum atomic E-state index is 0.459. The van der Waals surface area contributed by atoms with Crippen molar-refractivity contribution in [1.82, 2.24) is 0 Å². The number of aliphatic imine (C=N–C) groups is 1. The first-order chi connectivity index (χ1) is 8.72. The highest BCUT2D eigenvalue weighted by atomic mass is 15.1. The van der Waals surface area contributed by atoms with E-state index in [1.165, 1.54) is 31.2 Å². The first-order valence-corrected chi connectivity index (χ1v) is 6.88. The molecule has 0 amide bonds. The van der Waals surface area contributed by atoms with Crippen molar-refractivity contribution in [3.63, 3.8) is 0 Å². The molecule has 2 saturated carbocycles. The number of rotatable bonds is 2. The quantitative estimate of drug-likeness (QED) is 0.620. The van der Waals surface area contributed by atoms with E-state index in [1.807, 2.05) is 18.2 Å². The van der Waals surface area contributed by atoms with Crippen molar-refractivity contribution in [1.29, 1.82) is 0 Å². The van der Waals surface area contributed by atoms with Crippen LogP contribution in [0.15, 0.2) is 29.3 Å². The number of nitrogens with one attached hydrogen (secondary N) is 1. The van der Waals surface area contributed by atoms with Gasteiger partial charge in [-0.15, -0.1) is 0 Å². The Hall–Kier alpha value is -1.51. The van der Waals surface area contributed by atoms with Gasteiger partial charge in [-0.2, -0.15) is 0 Å². The summed E-state index contributed by atoms with van der Waals surface area (Å²) in [6.07, 6.45) is 5.35. The minimum Gasteiger partial charge on any atom is -0.370 e. The lowest BCUT2D eigenvalue weighted by Crippen LogP contribution is -2.27. The van der Waals surface area contributed by atoms with Crippen LogP contribution in [0.5, 0.6) is 0 Å². The van der Waals surface area contributed by atoms with Gasteiger partial charge in [-0.3, -0.25) is 0 Å². The Morgan fingerprint density at radius 1 is 1.28 bits per heavy atom. The monoisotopic (exact) mass is 243 g/mol. The van der Waals surface area contributed by atoms with E-state index in [4.69, 9.17) is 5.73 Å². The van der Waals surface area contributed by atoms with Crippen LogP contribution in [-0.2, 0) is 0 Å². The van der Waals surface area contributed by atoms with Crippen molar-refractivity contribution < 1.29 is 0 Å². The maximum Gasteiger partial charge on any atom is 0.193 e. The molecule has 3 rings (SSSR count). The second-order valence-corrected chi connectivity index (χ2v) is 5.70. The lowest BCUT2D eigenvalue weighted by molar-refractivity contribution is 0.420. The van der Waals surface area contributed by atoms with Crippen LogP contribution in [0.2, 0.25) is 0 Å². The predicted octanol–water partition coefficient (Wildman–Crippen LogP) is 2.91. The fraction of sp³-hybridized carbons (Fsp3) is 0.533. The second kappa shape index (κ2) is 4.63. The van der Waals surface area contributed by atoms with Gasteiger partial charge in [0.1, 0.15) is 0 Å². The van der Waals surface area contributed by atoms with Gasteiger partial charge in [-0.05, 0) is 49.7 Å². The normalized spacial score (nSPS) is 30.7. The molecule has 3 nitrogen and oxygen atoms in total. The van der Waals surface area contributed by atoms with Gasteiger partial charge in [-0.1, -0.05) is 24.6 Å². The SMILES string of the molecule is Cc1ccccc1NC(N)=N[C@H]1C[C@H]2CC[C@H]1C2. The number of hydrogen-bond acceptors (Lipinski definition) is 1. The maximum absolute atomic E-state index is 6.03. The zero-order valence-corrected chi connectivity index (χ0v) is 10.9. The molecule has 0 aliphatic heterocycles. The van der Waals surface area contributed by atoms with Crippen LogP contribution in [0.3, 0.4) is 0 Å². The molecule has 0 heterocycles. The van der Waals surface area contributed by atoms with Crippen LogP contribution in [0.25, 0.3) is 0 Å². The molecule has 0 radical (unpaired) electrons. The summed E-state index contributed by atoms with van der Waals surface area (Å²) in [4.78, 5) is 4.68. The molecule has 3 atom stereocenters. The van der Waals surface area contributed by atoms with Gasteiger partial charge in [0.05, 0.1) is 6.04 Å². The van der Waals surface area contributed by atoms with Crippen LogP contribution in [0, 0.1) is 18.8 Å². The van der Waals surface area contributed by atoms with E-state index in [0.717, 1.165) is 17.5 Å². The van der Waals surface area contributed by atoms with E-state index in [2.05, 4.69) is 23.3 Å². The minimum absolute atomic E-state index is 0.459. The van der Waals surface area contributed by atoms with Crippen molar-refractivity contribution in [3.05, 3.63) is 29.8 Å². The number of anilines is 1. The van der Waals surface area contributed by atoms with Gasteiger partial charge in [0.2, 0.25) is 0 Å². The molecule has 1 aromatic rings. The molecule has 0 aromatic heterocycles. The van der Waals surface area contributed by atoms with Crippen LogP contribution < -0.4 is 11.1 Å². The van der Waals surface area contributed by atoms with Crippen LogP contribution >= 0.6 is 0 Å². The molecule has 2 fully saturated rings. The molecular weight excluding hydrogens is 222 g/mol. The summed E-state index contributed by atoms with van der Waals surface area (Å²) in [6, 6.07) is 8.62. The fourth-order valence-corrected chi connectivity index (χ4v) is 3.43. The van der Waals surface area contributed by atoms with Gasteiger partial charge in [0.25, 0.3) is 0 Å². The van der Waals surface area contributed by atoms with Crippen LogP contribution in [0.4, 0.5) is 5.69 Å². The largest absolute Gasteiger partial charge is 0.370 e. The topological polar surface area (TPSA) is 50.4 Å². The molecule has 18 heavy (non-hydrogen) atoms. The third-order valence-electron chi connectivity index (χ3n) is 4.41. The fourth-order valence-electron chi connectivity index (χ4n) is 3.43. The van der Waals surface area contributed by atoms with Crippen molar-refractivity contribution >= 4 is 11.6 Å². The second-order valence-electron chi connectivity index (χ2n) is 5.70. The number of nitrogens with two attached hydrogens (primary N) is 1. The molecule has 0 saturated heterocycles. The van der Waals surface area contributed by atoms with Crippen molar-refractivity contribution in [2.45, 2.75) is 38.6 Å². The number of hydrogen-bond donors (Lipinski definition) is 2. The van der Waals surface area contributed by atoms with E-state index < -0.39 is 0 Å². The van der Waals surface area contributed by atoms with Gasteiger partial charge in [-0.25, -0.2) is 4.99 Å². The van der Waals surface area contributed by atoms with Gasteiger partial charge in [0.15, 0.2) is 5.96 Å². The number of para-hydroxylation sites is 1. The zero-order valence-electron chi connectivity index (χ0n) is 10.9. The molecule has 1 aromatic carbocycles. The predicted molar refractivity (Wildman–Crippen MR) is 75.7 cm³/mol. The first-order valence-electron chi connectivity index (χ1n) is 6.88. The standard InChI is InChI=1S/C15H21N3/c1-10-4-2-3-5-13(10)17-15(16)18-14-9-11-6-7-12(14)8-11/h2-5,11-12,14H,6-9H2,1H3,(H3,16,17,18)/t11-,12-,14-/m0/s1.